The molecule has 0 aliphatic carbocycles. The summed E-state index contributed by atoms with van der Waals surface area (Å²) in [6.45, 7) is 6.25. The van der Waals surface area contributed by atoms with Gasteiger partial charge in [0.15, 0.2) is 0 Å². The van der Waals surface area contributed by atoms with Gasteiger partial charge in [-0.2, -0.15) is 11.8 Å². The average molecular weight is 285 g/mol. The Labute approximate surface area is 118 Å². The maximum atomic E-state index is 10.1. The molecule has 7 heteroatoms. The predicted molar refractivity (Wildman–Crippen MR) is 81.4 cm³/mol. The van der Waals surface area contributed by atoms with Gasteiger partial charge in [0.25, 0.3) is 0 Å². The largest absolute Gasteiger partial charge is 0.387 e. The molecule has 0 bridgehead atoms. The molecular formula is C12H23N5OS. The molecule has 0 fully saturated rings. The number of nitrogens with one attached hydrogen (secondary N) is 2. The molecule has 1 aromatic rings. The maximum Gasteiger partial charge on any atom is 0.145 e. The Balaban J connectivity index is 2.80. The SMILES string of the molecule is CSCC(C)(O)CNc1cc(NN)nc(C(C)C)n1. The number of hydrazine groups is 1. The molecule has 1 heterocycles. The van der Waals surface area contributed by atoms with E-state index < -0.39 is 5.60 Å². The van der Waals surface area contributed by atoms with E-state index in [9.17, 15) is 5.11 Å². The number of hydrogen-bond acceptors (Lipinski definition) is 7. The second-order valence-corrected chi connectivity index (χ2v) is 5.95. The third-order valence-corrected chi connectivity index (χ3v) is 3.42. The molecule has 1 aromatic heterocycles. The molecular weight excluding hydrogens is 262 g/mol. The molecule has 0 aliphatic heterocycles. The van der Waals surface area contributed by atoms with Crippen molar-refractivity contribution in [2.45, 2.75) is 32.3 Å². The summed E-state index contributed by atoms with van der Waals surface area (Å²) >= 11 is 1.60. The van der Waals surface area contributed by atoms with Crippen molar-refractivity contribution in [3.63, 3.8) is 0 Å². The summed E-state index contributed by atoms with van der Waals surface area (Å²) in [5.41, 5.74) is 1.75. The Bertz CT molecular complexity index is 411. The minimum Gasteiger partial charge on any atom is -0.387 e. The van der Waals surface area contributed by atoms with Crippen LogP contribution in [-0.4, -0.2) is 39.2 Å². The fraction of sp³-hybridized carbons (Fsp3) is 0.667. The van der Waals surface area contributed by atoms with Gasteiger partial charge in [-0.15, -0.1) is 0 Å². The van der Waals surface area contributed by atoms with E-state index in [-0.39, 0.29) is 5.92 Å². The van der Waals surface area contributed by atoms with Crippen LogP contribution in [0.3, 0.4) is 0 Å². The summed E-state index contributed by atoms with van der Waals surface area (Å²) < 4.78 is 0. The predicted octanol–water partition coefficient (Wildman–Crippen LogP) is 1.41. The molecule has 1 unspecified atom stereocenters. The first-order chi connectivity index (χ1) is 8.88. The Morgan fingerprint density at radius 2 is 2.05 bits per heavy atom. The van der Waals surface area contributed by atoms with E-state index >= 15 is 0 Å². The van der Waals surface area contributed by atoms with Crippen molar-refractivity contribution < 1.29 is 5.11 Å². The molecule has 0 saturated heterocycles. The van der Waals surface area contributed by atoms with E-state index in [1.807, 2.05) is 20.1 Å². The molecule has 6 nitrogen and oxygen atoms in total. The van der Waals surface area contributed by atoms with Gasteiger partial charge >= 0.3 is 0 Å². The first-order valence-electron chi connectivity index (χ1n) is 6.19. The molecule has 0 radical (unpaired) electrons. The normalized spacial score (nSPS) is 14.3. The fourth-order valence-corrected chi connectivity index (χ4v) is 2.26. The zero-order valence-corrected chi connectivity index (χ0v) is 12.7. The highest BCUT2D eigenvalue weighted by Crippen LogP contribution is 2.18. The van der Waals surface area contributed by atoms with Gasteiger partial charge in [-0.05, 0) is 13.2 Å². The van der Waals surface area contributed by atoms with Gasteiger partial charge in [0.1, 0.15) is 17.5 Å². The van der Waals surface area contributed by atoms with Crippen LogP contribution in [0.15, 0.2) is 6.07 Å². The monoisotopic (exact) mass is 285 g/mol. The number of nitrogens with two attached hydrogens (primary N) is 1. The Morgan fingerprint density at radius 1 is 1.42 bits per heavy atom. The van der Waals surface area contributed by atoms with E-state index in [0.29, 0.717) is 29.8 Å². The van der Waals surface area contributed by atoms with Gasteiger partial charge in [-0.1, -0.05) is 13.8 Å². The summed E-state index contributed by atoms with van der Waals surface area (Å²) in [5.74, 6) is 8.19. The molecule has 1 rings (SSSR count). The van der Waals surface area contributed by atoms with Gasteiger partial charge in [-0.25, -0.2) is 15.8 Å². The highest BCUT2D eigenvalue weighted by atomic mass is 32.2. The number of anilines is 2. The quantitative estimate of drug-likeness (QED) is 0.444. The van der Waals surface area contributed by atoms with Crippen LogP contribution in [0.5, 0.6) is 0 Å². The minimum absolute atomic E-state index is 0.209. The topological polar surface area (TPSA) is 96.1 Å². The maximum absolute atomic E-state index is 10.1. The second-order valence-electron chi connectivity index (χ2n) is 5.08. The zero-order valence-electron chi connectivity index (χ0n) is 11.9. The highest BCUT2D eigenvalue weighted by Gasteiger charge is 2.19. The van der Waals surface area contributed by atoms with Gasteiger partial charge in [0, 0.05) is 24.3 Å². The second kappa shape index (κ2) is 6.93. The van der Waals surface area contributed by atoms with E-state index in [1.54, 1.807) is 24.8 Å². The highest BCUT2D eigenvalue weighted by molar-refractivity contribution is 7.98. The summed E-state index contributed by atoms with van der Waals surface area (Å²) in [6.07, 6.45) is 1.96. The Kier molecular flexibility index (Phi) is 5.84. The lowest BCUT2D eigenvalue weighted by Gasteiger charge is -2.23. The molecule has 5 N–H and O–H groups in total. The summed E-state index contributed by atoms with van der Waals surface area (Å²) in [4.78, 5) is 8.69. The van der Waals surface area contributed by atoms with Crippen LogP contribution in [0.2, 0.25) is 0 Å². The first kappa shape index (κ1) is 16.0. The number of nitrogens with zero attached hydrogens (tertiary/aromatic N) is 2. The lowest BCUT2D eigenvalue weighted by molar-refractivity contribution is 0.0996. The van der Waals surface area contributed by atoms with Crippen molar-refractivity contribution in [1.82, 2.24) is 9.97 Å². The molecule has 108 valence electrons. The molecule has 0 spiro atoms. The van der Waals surface area contributed by atoms with Crippen LogP contribution in [-0.2, 0) is 0 Å². The third kappa shape index (κ3) is 5.22. The summed E-state index contributed by atoms with van der Waals surface area (Å²) in [5, 5.41) is 13.2. The van der Waals surface area contributed by atoms with E-state index in [2.05, 4.69) is 20.7 Å². The van der Waals surface area contributed by atoms with Crippen molar-refractivity contribution in [1.29, 1.82) is 0 Å². The van der Waals surface area contributed by atoms with E-state index in [4.69, 9.17) is 5.84 Å². The van der Waals surface area contributed by atoms with Crippen molar-refractivity contribution in [2.24, 2.45) is 5.84 Å². The summed E-state index contributed by atoms with van der Waals surface area (Å²) in [6, 6.07) is 1.72. The molecule has 0 saturated carbocycles. The molecule has 0 aliphatic rings. The van der Waals surface area contributed by atoms with Gasteiger partial charge in [0.05, 0.1) is 5.60 Å². The van der Waals surface area contributed by atoms with Crippen LogP contribution < -0.4 is 16.6 Å². The van der Waals surface area contributed by atoms with E-state index in [1.165, 1.54) is 0 Å². The average Bonchev–Trinajstić information content (AvgIpc) is 2.36. The first-order valence-corrected chi connectivity index (χ1v) is 7.58. The molecule has 0 aromatic carbocycles. The zero-order chi connectivity index (χ0) is 14.5. The smallest absolute Gasteiger partial charge is 0.145 e. The number of nitrogen functional groups attached to an aromatic ring is 1. The van der Waals surface area contributed by atoms with Crippen molar-refractivity contribution in [3.05, 3.63) is 11.9 Å². The number of aliphatic hydroxyl groups is 1. The molecule has 0 amide bonds. The van der Waals surface area contributed by atoms with Gasteiger partial charge in [-0.3, -0.25) is 0 Å². The van der Waals surface area contributed by atoms with Crippen LogP contribution in [0, 0.1) is 0 Å². The van der Waals surface area contributed by atoms with Crippen molar-refractivity contribution >= 4 is 23.4 Å². The van der Waals surface area contributed by atoms with Gasteiger partial charge < -0.3 is 15.8 Å². The fourth-order valence-electron chi connectivity index (χ4n) is 1.53. The number of thioether (sulfide) groups is 1. The number of aromatic nitrogens is 2. The van der Waals surface area contributed by atoms with Crippen LogP contribution >= 0.6 is 11.8 Å². The molecule has 1 atom stereocenters. The minimum atomic E-state index is -0.779. The number of rotatable bonds is 7. The molecule has 19 heavy (non-hydrogen) atoms. The lowest BCUT2D eigenvalue weighted by atomic mass is 10.1. The van der Waals surface area contributed by atoms with Crippen molar-refractivity contribution in [2.75, 3.05) is 29.3 Å². The van der Waals surface area contributed by atoms with Crippen LogP contribution in [0.25, 0.3) is 0 Å². The third-order valence-electron chi connectivity index (χ3n) is 2.51. The number of hydrogen-bond donors (Lipinski definition) is 4. The summed E-state index contributed by atoms with van der Waals surface area (Å²) in [7, 11) is 0. The standard InChI is InChI=1S/C12H23N5OS/c1-8(2)11-15-9(5-10(16-11)17-13)14-6-12(3,18)7-19-4/h5,8,18H,6-7,13H2,1-4H3,(H2,14,15,16,17). The van der Waals surface area contributed by atoms with Crippen LogP contribution in [0.4, 0.5) is 11.6 Å². The van der Waals surface area contributed by atoms with Gasteiger partial charge in [0.2, 0.25) is 0 Å². The Morgan fingerprint density at radius 3 is 2.58 bits per heavy atom. The van der Waals surface area contributed by atoms with Crippen LogP contribution in [0.1, 0.15) is 32.5 Å². The lowest BCUT2D eigenvalue weighted by Crippen LogP contribution is -2.36. The van der Waals surface area contributed by atoms with Crippen molar-refractivity contribution in [3.8, 4) is 0 Å². The van der Waals surface area contributed by atoms with E-state index in [0.717, 1.165) is 0 Å². The Hall–Kier alpha value is -1.05.